The lowest BCUT2D eigenvalue weighted by Crippen LogP contribution is -2.61. The predicted octanol–water partition coefficient (Wildman–Crippen LogP) is 2.18. The number of hydrogen-bond donors (Lipinski definition) is 2. The highest BCUT2D eigenvalue weighted by atomic mass is 16.5. The Morgan fingerprint density at radius 1 is 1.14 bits per heavy atom. The summed E-state index contributed by atoms with van der Waals surface area (Å²) in [4.78, 5) is 32.4. The van der Waals surface area contributed by atoms with E-state index in [4.69, 9.17) is 9.47 Å². The minimum Gasteiger partial charge on any atom is -0.494 e. The number of pyridine rings is 1. The Morgan fingerprint density at radius 2 is 2.00 bits per heavy atom. The van der Waals surface area contributed by atoms with Gasteiger partial charge < -0.3 is 19.7 Å². The van der Waals surface area contributed by atoms with Gasteiger partial charge in [0.05, 0.1) is 12.7 Å². The number of nitrogens with zero attached hydrogens (tertiary/aromatic N) is 5. The molecule has 0 unspecified atom stereocenters. The number of carbonyl (C=O) groups excluding carboxylic acids is 2. The van der Waals surface area contributed by atoms with Crippen LogP contribution in [0.5, 0.6) is 11.5 Å². The van der Waals surface area contributed by atoms with Crippen LogP contribution in [0.15, 0.2) is 48.5 Å². The first kappa shape index (κ1) is 21.0. The van der Waals surface area contributed by atoms with E-state index in [0.29, 0.717) is 65.6 Å². The largest absolute Gasteiger partial charge is 0.494 e. The second kappa shape index (κ2) is 8.05. The van der Waals surface area contributed by atoms with Crippen LogP contribution in [-0.2, 0) is 0 Å². The Morgan fingerprint density at radius 3 is 2.77 bits per heavy atom. The van der Waals surface area contributed by atoms with Gasteiger partial charge in [0, 0.05) is 36.9 Å². The maximum atomic E-state index is 13.2. The molecule has 0 saturated carbocycles. The summed E-state index contributed by atoms with van der Waals surface area (Å²) in [5, 5.41) is 17.6. The first-order valence-electron chi connectivity index (χ1n) is 11.2. The molecular weight excluding hydrogens is 450 g/mol. The Hall–Kier alpha value is -4.54. The number of ether oxygens (including phenoxy) is 2. The van der Waals surface area contributed by atoms with Crippen molar-refractivity contribution in [2.24, 2.45) is 0 Å². The smallest absolute Gasteiger partial charge is 0.272 e. The molecule has 2 aromatic heterocycles. The quantitative estimate of drug-likeness (QED) is 0.464. The molecule has 0 atom stereocenters. The molecule has 4 aromatic rings. The summed E-state index contributed by atoms with van der Waals surface area (Å²) in [6, 6.07) is 14.5. The lowest BCUT2D eigenvalue weighted by atomic mass is 9.96. The third-order valence-corrected chi connectivity index (χ3v) is 6.47. The lowest BCUT2D eigenvalue weighted by molar-refractivity contribution is -0.0246. The first-order valence-corrected chi connectivity index (χ1v) is 11.2. The zero-order valence-electron chi connectivity index (χ0n) is 18.8. The number of aromatic nitrogens is 5. The first-order chi connectivity index (χ1) is 17.0. The number of piperidine rings is 1. The molecule has 2 N–H and O–H groups in total. The molecular formula is C24H21N7O4. The van der Waals surface area contributed by atoms with E-state index in [1.807, 2.05) is 24.3 Å². The maximum Gasteiger partial charge on any atom is 0.272 e. The van der Waals surface area contributed by atoms with Crippen LogP contribution in [0.25, 0.3) is 22.3 Å². The predicted molar refractivity (Wildman–Crippen MR) is 124 cm³/mol. The zero-order valence-corrected chi connectivity index (χ0v) is 18.8. The molecule has 35 heavy (non-hydrogen) atoms. The Bertz CT molecular complexity index is 1450. The molecule has 11 nitrogen and oxygen atoms in total. The van der Waals surface area contributed by atoms with Crippen LogP contribution in [0.2, 0.25) is 0 Å². The number of fused-ring (bicyclic) bond motifs is 2. The Labute approximate surface area is 199 Å². The highest BCUT2D eigenvalue weighted by Gasteiger charge is 2.43. The zero-order chi connectivity index (χ0) is 24.0. The number of likely N-dealkylation sites (tertiary alicyclic amines) is 1. The van der Waals surface area contributed by atoms with Gasteiger partial charge in [-0.2, -0.15) is 0 Å². The van der Waals surface area contributed by atoms with Gasteiger partial charge in [0.15, 0.2) is 11.5 Å². The maximum absolute atomic E-state index is 13.2. The third-order valence-electron chi connectivity index (χ3n) is 6.47. The van der Waals surface area contributed by atoms with E-state index in [1.165, 1.54) is 0 Å². The average molecular weight is 471 g/mol. The molecule has 1 spiro atoms. The molecule has 11 heteroatoms. The van der Waals surface area contributed by atoms with E-state index in [0.717, 1.165) is 5.39 Å². The van der Waals surface area contributed by atoms with Crippen molar-refractivity contribution < 1.29 is 19.1 Å². The number of methoxy groups -OCH3 is 1. The van der Waals surface area contributed by atoms with Crippen molar-refractivity contribution in [2.45, 2.75) is 18.6 Å². The molecule has 176 valence electrons. The topological polar surface area (TPSA) is 135 Å². The van der Waals surface area contributed by atoms with Crippen LogP contribution < -0.4 is 14.8 Å². The van der Waals surface area contributed by atoms with Crippen LogP contribution in [0, 0.1) is 0 Å². The molecule has 1 fully saturated rings. The molecule has 1 saturated heterocycles. The SMILES string of the molecule is COc1cccc2ccc(C(=O)N3CCC4(CC3)NC(=O)c3cc(-c5nnn[nH]5)ccc3O4)nc12. The van der Waals surface area contributed by atoms with Crippen LogP contribution in [0.3, 0.4) is 0 Å². The van der Waals surface area contributed by atoms with Crippen molar-refractivity contribution >= 4 is 22.7 Å². The molecule has 2 aromatic carbocycles. The van der Waals surface area contributed by atoms with Gasteiger partial charge in [-0.15, -0.1) is 5.10 Å². The molecule has 2 aliphatic rings. The Kier molecular flexibility index (Phi) is 4.83. The number of para-hydroxylation sites is 1. The number of H-pyrrole nitrogens is 1. The van der Waals surface area contributed by atoms with Gasteiger partial charge in [-0.25, -0.2) is 10.1 Å². The minimum absolute atomic E-state index is 0.166. The molecule has 2 amide bonds. The van der Waals surface area contributed by atoms with Crippen molar-refractivity contribution in [3.05, 3.63) is 59.8 Å². The minimum atomic E-state index is -0.865. The summed E-state index contributed by atoms with van der Waals surface area (Å²) >= 11 is 0. The summed E-state index contributed by atoms with van der Waals surface area (Å²) in [5.41, 5.74) is 1.23. The summed E-state index contributed by atoms with van der Waals surface area (Å²) in [5.74, 6) is 1.18. The van der Waals surface area contributed by atoms with Gasteiger partial charge in [0.2, 0.25) is 0 Å². The molecule has 4 heterocycles. The van der Waals surface area contributed by atoms with Crippen LogP contribution in [0.4, 0.5) is 0 Å². The van der Waals surface area contributed by atoms with Gasteiger partial charge >= 0.3 is 0 Å². The lowest BCUT2D eigenvalue weighted by Gasteiger charge is -2.44. The van der Waals surface area contributed by atoms with Gasteiger partial charge in [0.25, 0.3) is 11.8 Å². The van der Waals surface area contributed by atoms with E-state index >= 15 is 0 Å². The third kappa shape index (κ3) is 3.61. The van der Waals surface area contributed by atoms with Crippen molar-refractivity contribution in [1.29, 1.82) is 0 Å². The summed E-state index contributed by atoms with van der Waals surface area (Å²) < 4.78 is 11.7. The van der Waals surface area contributed by atoms with Crippen LogP contribution in [-0.4, -0.2) is 68.2 Å². The number of amides is 2. The summed E-state index contributed by atoms with van der Waals surface area (Å²) in [6.45, 7) is 0.837. The van der Waals surface area contributed by atoms with E-state index in [9.17, 15) is 9.59 Å². The highest BCUT2D eigenvalue weighted by Crippen LogP contribution is 2.35. The second-order valence-electron chi connectivity index (χ2n) is 8.53. The van der Waals surface area contributed by atoms with Gasteiger partial charge in [-0.1, -0.05) is 18.2 Å². The van der Waals surface area contributed by atoms with Gasteiger partial charge in [-0.3, -0.25) is 9.59 Å². The fourth-order valence-corrected chi connectivity index (χ4v) is 4.60. The van der Waals surface area contributed by atoms with Crippen LogP contribution in [0.1, 0.15) is 33.7 Å². The van der Waals surface area contributed by atoms with Crippen molar-refractivity contribution in [1.82, 2.24) is 35.8 Å². The molecule has 0 aliphatic carbocycles. The molecule has 0 bridgehead atoms. The number of benzene rings is 2. The van der Waals surface area contributed by atoms with E-state index in [2.05, 4.69) is 30.9 Å². The number of hydrogen-bond acceptors (Lipinski definition) is 8. The number of rotatable bonds is 3. The summed E-state index contributed by atoms with van der Waals surface area (Å²) in [7, 11) is 1.58. The van der Waals surface area contributed by atoms with Crippen molar-refractivity contribution in [3.63, 3.8) is 0 Å². The normalized spacial score (nSPS) is 16.5. The van der Waals surface area contributed by atoms with Crippen molar-refractivity contribution in [3.8, 4) is 22.9 Å². The van der Waals surface area contributed by atoms with E-state index < -0.39 is 5.72 Å². The van der Waals surface area contributed by atoms with E-state index in [-0.39, 0.29) is 11.8 Å². The number of carbonyl (C=O) groups is 2. The molecule has 2 aliphatic heterocycles. The summed E-state index contributed by atoms with van der Waals surface area (Å²) in [6.07, 6.45) is 0.906. The molecule has 6 rings (SSSR count). The standard InChI is InChI=1S/C24H21N7O4/c1-34-19-4-2-3-14-5-7-17(25-20(14)19)23(33)31-11-9-24(10-12-31)26-22(32)16-13-15(6-8-18(16)35-24)21-27-29-30-28-21/h2-8,13H,9-12H2,1H3,(H,26,32)(H,27,28,29,30). The monoisotopic (exact) mass is 471 g/mol. The highest BCUT2D eigenvalue weighted by molar-refractivity contribution is 5.99. The fourth-order valence-electron chi connectivity index (χ4n) is 4.60. The van der Waals surface area contributed by atoms with Gasteiger partial charge in [0.1, 0.15) is 22.7 Å². The Balaban J connectivity index is 1.19. The second-order valence-corrected chi connectivity index (χ2v) is 8.53. The number of aromatic amines is 1. The average Bonchev–Trinajstić information content (AvgIpc) is 3.43. The number of tetrazole rings is 1. The van der Waals surface area contributed by atoms with Crippen LogP contribution >= 0.6 is 0 Å². The van der Waals surface area contributed by atoms with Gasteiger partial charge in [-0.05, 0) is 40.8 Å². The van der Waals surface area contributed by atoms with E-state index in [1.54, 1.807) is 36.3 Å². The number of nitrogens with one attached hydrogen (secondary N) is 2. The molecule has 0 radical (unpaired) electrons. The fraction of sp³-hybridized carbons (Fsp3) is 0.250. The van der Waals surface area contributed by atoms with Crippen molar-refractivity contribution in [2.75, 3.05) is 20.2 Å².